The van der Waals surface area contributed by atoms with Gasteiger partial charge in [0.2, 0.25) is 0 Å². The van der Waals surface area contributed by atoms with Crippen molar-refractivity contribution in [1.82, 2.24) is 4.90 Å². The van der Waals surface area contributed by atoms with Crippen LogP contribution in [-0.4, -0.2) is 68.5 Å². The van der Waals surface area contributed by atoms with Crippen LogP contribution in [-0.2, 0) is 4.74 Å². The summed E-state index contributed by atoms with van der Waals surface area (Å²) in [6.45, 7) is 3.48. The largest absolute Gasteiger partial charge is 0.491 e. The molecule has 7 heteroatoms. The Balaban J connectivity index is 1.44. The van der Waals surface area contributed by atoms with E-state index in [2.05, 4.69) is 9.64 Å². The smallest absolute Gasteiger partial charge is 0.337 e. The maximum absolute atomic E-state index is 13.9. The third kappa shape index (κ3) is 5.21. The van der Waals surface area contributed by atoms with Crippen LogP contribution in [0, 0.1) is 5.82 Å². The zero-order valence-corrected chi connectivity index (χ0v) is 15.9. The minimum absolute atomic E-state index is 0.123. The second-order valence-electron chi connectivity index (χ2n) is 6.72. The van der Waals surface area contributed by atoms with E-state index in [1.165, 1.54) is 13.2 Å². The van der Waals surface area contributed by atoms with Crippen molar-refractivity contribution in [2.24, 2.45) is 0 Å². The lowest BCUT2D eigenvalue weighted by molar-refractivity contribution is 0.0597. The van der Waals surface area contributed by atoms with Crippen molar-refractivity contribution in [2.45, 2.75) is 6.10 Å². The zero-order chi connectivity index (χ0) is 19.9. The number of carbonyl (C=O) groups is 1. The fourth-order valence-corrected chi connectivity index (χ4v) is 3.25. The van der Waals surface area contributed by atoms with Crippen molar-refractivity contribution in [3.8, 4) is 5.75 Å². The molecular formula is C21H25FN2O4. The lowest BCUT2D eigenvalue weighted by atomic mass is 10.2. The van der Waals surface area contributed by atoms with Gasteiger partial charge in [0.15, 0.2) is 0 Å². The molecule has 0 spiro atoms. The summed E-state index contributed by atoms with van der Waals surface area (Å²) in [5.41, 5.74) is 1.02. The maximum Gasteiger partial charge on any atom is 0.337 e. The van der Waals surface area contributed by atoms with Crippen molar-refractivity contribution in [3.05, 3.63) is 59.9 Å². The number of esters is 1. The molecule has 150 valence electrons. The topological polar surface area (TPSA) is 62.2 Å². The molecule has 1 N–H and O–H groups in total. The second kappa shape index (κ2) is 9.52. The Hall–Kier alpha value is -2.64. The highest BCUT2D eigenvalue weighted by molar-refractivity contribution is 5.89. The van der Waals surface area contributed by atoms with Crippen molar-refractivity contribution in [1.29, 1.82) is 0 Å². The van der Waals surface area contributed by atoms with Crippen LogP contribution in [0.15, 0.2) is 48.5 Å². The predicted molar refractivity (Wildman–Crippen MR) is 104 cm³/mol. The molecule has 2 aromatic rings. The molecule has 1 aliphatic rings. The molecule has 0 amide bonds. The summed E-state index contributed by atoms with van der Waals surface area (Å²) in [5.74, 6) is -0.136. The van der Waals surface area contributed by atoms with E-state index < -0.39 is 12.1 Å². The van der Waals surface area contributed by atoms with Crippen molar-refractivity contribution >= 4 is 11.7 Å². The number of methoxy groups -OCH3 is 1. The van der Waals surface area contributed by atoms with Crippen LogP contribution in [0.2, 0.25) is 0 Å². The van der Waals surface area contributed by atoms with Crippen LogP contribution >= 0.6 is 0 Å². The number of benzene rings is 2. The third-order valence-electron chi connectivity index (χ3n) is 4.73. The molecule has 28 heavy (non-hydrogen) atoms. The number of piperazine rings is 1. The first-order chi connectivity index (χ1) is 13.6. The van der Waals surface area contributed by atoms with Crippen molar-refractivity contribution < 1.29 is 23.8 Å². The van der Waals surface area contributed by atoms with Gasteiger partial charge in [-0.05, 0) is 30.3 Å². The molecule has 0 saturated carbocycles. The summed E-state index contributed by atoms with van der Waals surface area (Å²) in [5, 5.41) is 10.3. The molecule has 1 atom stereocenters. The third-order valence-corrected chi connectivity index (χ3v) is 4.73. The maximum atomic E-state index is 13.9. The van der Waals surface area contributed by atoms with Crippen molar-refractivity contribution in [2.75, 3.05) is 51.3 Å². The molecule has 2 aromatic carbocycles. The molecule has 0 aliphatic carbocycles. The number of β-amino-alcohol motifs (C(OH)–C–C–N with tert-alkyl or cyclic N) is 1. The van der Waals surface area contributed by atoms with E-state index in [1.807, 2.05) is 11.0 Å². The average molecular weight is 388 g/mol. The summed E-state index contributed by atoms with van der Waals surface area (Å²) < 4.78 is 24.2. The number of para-hydroxylation sites is 1. The Morgan fingerprint density at radius 3 is 2.61 bits per heavy atom. The molecule has 0 unspecified atom stereocenters. The van der Waals surface area contributed by atoms with Crippen LogP contribution in [0.5, 0.6) is 5.75 Å². The van der Waals surface area contributed by atoms with Gasteiger partial charge in [-0.3, -0.25) is 4.90 Å². The van der Waals surface area contributed by atoms with Gasteiger partial charge in [-0.1, -0.05) is 18.2 Å². The van der Waals surface area contributed by atoms with Gasteiger partial charge in [0.05, 0.1) is 18.4 Å². The Labute approximate surface area is 164 Å². The Bertz CT molecular complexity index is 793. The number of nitrogens with zero attached hydrogens (tertiary/aromatic N) is 2. The summed E-state index contributed by atoms with van der Waals surface area (Å²) in [4.78, 5) is 15.7. The number of rotatable bonds is 7. The molecule has 0 aromatic heterocycles. The Kier molecular flexibility index (Phi) is 6.84. The van der Waals surface area contributed by atoms with Gasteiger partial charge >= 0.3 is 5.97 Å². The SMILES string of the molecule is COC(=O)c1cccc(OC[C@H](O)CN2CCN(c3ccccc3F)CC2)c1. The molecule has 3 rings (SSSR count). The number of aliphatic hydroxyl groups excluding tert-OH is 1. The molecule has 0 radical (unpaired) electrons. The van der Waals surface area contributed by atoms with E-state index in [1.54, 1.807) is 36.4 Å². The van der Waals surface area contributed by atoms with Crippen LogP contribution < -0.4 is 9.64 Å². The number of hydrogen-bond acceptors (Lipinski definition) is 6. The van der Waals surface area contributed by atoms with Crippen molar-refractivity contribution in [3.63, 3.8) is 0 Å². The highest BCUT2D eigenvalue weighted by Gasteiger charge is 2.21. The number of carbonyl (C=O) groups excluding carboxylic acids is 1. The lowest BCUT2D eigenvalue weighted by Gasteiger charge is -2.36. The number of aliphatic hydroxyl groups is 1. The van der Waals surface area contributed by atoms with Crippen LogP contribution in [0.25, 0.3) is 0 Å². The predicted octanol–water partition coefficient (Wildman–Crippen LogP) is 2.17. The number of hydrogen-bond donors (Lipinski definition) is 1. The quantitative estimate of drug-likeness (QED) is 0.734. The summed E-state index contributed by atoms with van der Waals surface area (Å²) in [6, 6.07) is 13.4. The highest BCUT2D eigenvalue weighted by Crippen LogP contribution is 2.20. The van der Waals surface area contributed by atoms with Gasteiger partial charge < -0.3 is 19.5 Å². The molecule has 0 bridgehead atoms. The minimum atomic E-state index is -0.665. The van der Waals surface area contributed by atoms with Crippen LogP contribution in [0.4, 0.5) is 10.1 Å². The molecule has 1 heterocycles. The normalized spacial score (nSPS) is 15.9. The number of ether oxygens (including phenoxy) is 2. The number of anilines is 1. The fraction of sp³-hybridized carbons (Fsp3) is 0.381. The Morgan fingerprint density at radius 2 is 1.89 bits per heavy atom. The monoisotopic (exact) mass is 388 g/mol. The number of halogens is 1. The van der Waals surface area contributed by atoms with Crippen LogP contribution in [0.3, 0.4) is 0 Å². The van der Waals surface area contributed by atoms with Gasteiger partial charge in [0, 0.05) is 32.7 Å². The standard InChI is InChI=1S/C21H25FN2O4/c1-27-21(26)16-5-4-6-18(13-16)28-15-17(25)14-23-9-11-24(12-10-23)20-8-3-2-7-19(20)22/h2-8,13,17,25H,9-12,14-15H2,1H3/t17-/m1/s1. The molecule has 1 saturated heterocycles. The molecule has 1 fully saturated rings. The van der Waals surface area contributed by atoms with Gasteiger partial charge in [-0.25, -0.2) is 9.18 Å². The Morgan fingerprint density at radius 1 is 1.14 bits per heavy atom. The highest BCUT2D eigenvalue weighted by atomic mass is 19.1. The van der Waals surface area contributed by atoms with E-state index in [4.69, 9.17) is 4.74 Å². The fourth-order valence-electron chi connectivity index (χ4n) is 3.25. The average Bonchev–Trinajstić information content (AvgIpc) is 2.73. The van der Waals surface area contributed by atoms with E-state index in [9.17, 15) is 14.3 Å². The first-order valence-electron chi connectivity index (χ1n) is 9.28. The van der Waals surface area contributed by atoms with Gasteiger partial charge in [0.1, 0.15) is 24.3 Å². The van der Waals surface area contributed by atoms with E-state index in [-0.39, 0.29) is 12.4 Å². The van der Waals surface area contributed by atoms with Gasteiger partial charge in [-0.15, -0.1) is 0 Å². The van der Waals surface area contributed by atoms with Crippen LogP contribution in [0.1, 0.15) is 10.4 Å². The summed E-state index contributed by atoms with van der Waals surface area (Å²) in [7, 11) is 1.32. The zero-order valence-electron chi connectivity index (χ0n) is 15.9. The summed E-state index contributed by atoms with van der Waals surface area (Å²) in [6.07, 6.45) is -0.665. The van der Waals surface area contributed by atoms with Gasteiger partial charge in [0.25, 0.3) is 0 Å². The molecule has 6 nitrogen and oxygen atoms in total. The van der Waals surface area contributed by atoms with Gasteiger partial charge in [-0.2, -0.15) is 0 Å². The first kappa shape index (κ1) is 20.1. The summed E-state index contributed by atoms with van der Waals surface area (Å²) >= 11 is 0. The first-order valence-corrected chi connectivity index (χ1v) is 9.28. The minimum Gasteiger partial charge on any atom is -0.491 e. The second-order valence-corrected chi connectivity index (χ2v) is 6.72. The van der Waals surface area contributed by atoms with E-state index in [0.29, 0.717) is 36.6 Å². The van der Waals surface area contributed by atoms with E-state index in [0.717, 1.165) is 13.1 Å². The lowest BCUT2D eigenvalue weighted by Crippen LogP contribution is -2.49. The van der Waals surface area contributed by atoms with E-state index >= 15 is 0 Å². The molecular weight excluding hydrogens is 363 g/mol. The molecule has 1 aliphatic heterocycles.